The van der Waals surface area contributed by atoms with Gasteiger partial charge in [-0.2, -0.15) is 0 Å². The Morgan fingerprint density at radius 3 is 2.45 bits per heavy atom. The lowest BCUT2D eigenvalue weighted by Gasteiger charge is -2.36. The van der Waals surface area contributed by atoms with E-state index in [9.17, 15) is 9.59 Å². The summed E-state index contributed by atoms with van der Waals surface area (Å²) in [5, 5.41) is 2.83. The highest BCUT2D eigenvalue weighted by Crippen LogP contribution is 2.14. The number of hydrogen-bond acceptors (Lipinski definition) is 5. The molecule has 154 valence electrons. The minimum Gasteiger partial charge on any atom is -0.497 e. The van der Waals surface area contributed by atoms with E-state index in [1.165, 1.54) is 0 Å². The molecule has 0 radical (unpaired) electrons. The molecule has 3 rings (SSSR count). The molecule has 1 fully saturated rings. The average Bonchev–Trinajstić information content (AvgIpc) is 2.78. The third kappa shape index (κ3) is 5.70. The van der Waals surface area contributed by atoms with Crippen LogP contribution in [0.1, 0.15) is 18.9 Å². The van der Waals surface area contributed by atoms with Crippen LogP contribution in [0, 0.1) is 0 Å². The topological polar surface area (TPSA) is 74.8 Å². The average molecular weight is 396 g/mol. The van der Waals surface area contributed by atoms with Gasteiger partial charge in [0.1, 0.15) is 17.6 Å². The number of aromatic nitrogens is 1. The zero-order valence-electron chi connectivity index (χ0n) is 17.0. The van der Waals surface area contributed by atoms with Crippen molar-refractivity contribution >= 4 is 17.6 Å². The highest BCUT2D eigenvalue weighted by Gasteiger charge is 2.26. The van der Waals surface area contributed by atoms with Crippen LogP contribution in [0.2, 0.25) is 0 Å². The Balaban J connectivity index is 1.42. The highest BCUT2D eigenvalue weighted by molar-refractivity contribution is 5.87. The quantitative estimate of drug-likeness (QED) is 0.774. The summed E-state index contributed by atoms with van der Waals surface area (Å²) in [7, 11) is 1.62. The molecule has 2 amide bonds. The van der Waals surface area contributed by atoms with E-state index in [4.69, 9.17) is 4.74 Å². The molecule has 1 saturated heterocycles. The molecule has 1 N–H and O–H groups in total. The summed E-state index contributed by atoms with van der Waals surface area (Å²) in [6.45, 7) is 4.48. The third-order valence-electron chi connectivity index (χ3n) is 5.11. The molecule has 0 spiro atoms. The van der Waals surface area contributed by atoms with Gasteiger partial charge in [0.2, 0.25) is 11.8 Å². The standard InChI is InChI=1S/C22H28N4O3/c1-17(24-21(27)11-8-18-6-9-19(29-2)10-7-18)22(28)26-15-13-25(14-16-26)20-5-3-4-12-23-20/h3-7,9-10,12,17H,8,11,13-16H2,1-2H3,(H,24,27)/t17-/m0/s1. The predicted molar refractivity (Wildman–Crippen MR) is 112 cm³/mol. The first kappa shape index (κ1) is 20.6. The second-order valence-electron chi connectivity index (χ2n) is 7.14. The number of ether oxygens (including phenoxy) is 1. The number of rotatable bonds is 7. The summed E-state index contributed by atoms with van der Waals surface area (Å²) in [5.41, 5.74) is 1.06. The number of piperazine rings is 1. The van der Waals surface area contributed by atoms with Crippen molar-refractivity contribution in [2.75, 3.05) is 38.2 Å². The van der Waals surface area contributed by atoms with Crippen molar-refractivity contribution in [2.45, 2.75) is 25.8 Å². The number of anilines is 1. The molecule has 1 aromatic carbocycles. The van der Waals surface area contributed by atoms with Crippen LogP contribution in [-0.4, -0.2) is 61.0 Å². The van der Waals surface area contributed by atoms with Gasteiger partial charge in [-0.15, -0.1) is 0 Å². The molecule has 2 aromatic rings. The van der Waals surface area contributed by atoms with Crippen LogP contribution in [0.3, 0.4) is 0 Å². The van der Waals surface area contributed by atoms with Crippen molar-refractivity contribution in [1.82, 2.24) is 15.2 Å². The first-order valence-electron chi connectivity index (χ1n) is 9.94. The van der Waals surface area contributed by atoms with E-state index in [0.717, 1.165) is 30.2 Å². The van der Waals surface area contributed by atoms with Gasteiger partial charge in [-0.1, -0.05) is 18.2 Å². The number of amides is 2. The molecule has 7 nitrogen and oxygen atoms in total. The van der Waals surface area contributed by atoms with Crippen LogP contribution in [0.15, 0.2) is 48.7 Å². The van der Waals surface area contributed by atoms with Gasteiger partial charge in [-0.05, 0) is 43.2 Å². The van der Waals surface area contributed by atoms with Gasteiger partial charge in [0.05, 0.1) is 7.11 Å². The summed E-state index contributed by atoms with van der Waals surface area (Å²) in [4.78, 5) is 33.3. The molecular formula is C22H28N4O3. The number of benzene rings is 1. The number of nitrogens with zero attached hydrogens (tertiary/aromatic N) is 3. The highest BCUT2D eigenvalue weighted by atomic mass is 16.5. The van der Waals surface area contributed by atoms with E-state index >= 15 is 0 Å². The second-order valence-corrected chi connectivity index (χ2v) is 7.14. The van der Waals surface area contributed by atoms with E-state index in [0.29, 0.717) is 25.9 Å². The number of carbonyl (C=O) groups excluding carboxylic acids is 2. The third-order valence-corrected chi connectivity index (χ3v) is 5.11. The molecule has 1 atom stereocenters. The van der Waals surface area contributed by atoms with Crippen molar-refractivity contribution in [2.24, 2.45) is 0 Å². The van der Waals surface area contributed by atoms with Gasteiger partial charge in [-0.25, -0.2) is 4.98 Å². The minimum absolute atomic E-state index is 0.0385. The molecule has 1 aromatic heterocycles. The van der Waals surface area contributed by atoms with E-state index < -0.39 is 6.04 Å². The molecule has 0 saturated carbocycles. The van der Waals surface area contributed by atoms with Gasteiger partial charge >= 0.3 is 0 Å². The fourth-order valence-electron chi connectivity index (χ4n) is 3.40. The molecule has 2 heterocycles. The van der Waals surface area contributed by atoms with Crippen molar-refractivity contribution in [3.63, 3.8) is 0 Å². The van der Waals surface area contributed by atoms with Crippen LogP contribution in [0.25, 0.3) is 0 Å². The Morgan fingerprint density at radius 2 is 1.83 bits per heavy atom. The molecule has 1 aliphatic heterocycles. The first-order valence-corrected chi connectivity index (χ1v) is 9.94. The lowest BCUT2D eigenvalue weighted by molar-refractivity contribution is -0.136. The van der Waals surface area contributed by atoms with E-state index in [2.05, 4.69) is 15.2 Å². The number of methoxy groups -OCH3 is 1. The summed E-state index contributed by atoms with van der Waals surface area (Å²) in [6, 6.07) is 13.0. The van der Waals surface area contributed by atoms with Gasteiger partial charge in [0, 0.05) is 38.8 Å². The lowest BCUT2D eigenvalue weighted by atomic mass is 10.1. The summed E-state index contributed by atoms with van der Waals surface area (Å²) >= 11 is 0. The molecule has 1 aliphatic rings. The number of aryl methyl sites for hydroxylation is 1. The SMILES string of the molecule is COc1ccc(CCC(=O)N[C@@H](C)C(=O)N2CCN(c3ccccn3)CC2)cc1. The Hall–Kier alpha value is -3.09. The zero-order chi connectivity index (χ0) is 20.6. The van der Waals surface area contributed by atoms with E-state index in [-0.39, 0.29) is 11.8 Å². The normalized spacial score (nSPS) is 15.0. The second kappa shape index (κ2) is 9.91. The van der Waals surface area contributed by atoms with Crippen LogP contribution < -0.4 is 15.0 Å². The van der Waals surface area contributed by atoms with Gasteiger partial charge < -0.3 is 19.9 Å². The number of hydrogen-bond donors (Lipinski definition) is 1. The van der Waals surface area contributed by atoms with Crippen molar-refractivity contribution in [3.05, 3.63) is 54.2 Å². The van der Waals surface area contributed by atoms with Crippen molar-refractivity contribution in [3.8, 4) is 5.75 Å². The van der Waals surface area contributed by atoms with Crippen LogP contribution in [0.5, 0.6) is 5.75 Å². The van der Waals surface area contributed by atoms with Gasteiger partial charge in [0.25, 0.3) is 0 Å². The molecule has 0 unspecified atom stereocenters. The maximum atomic E-state index is 12.7. The lowest BCUT2D eigenvalue weighted by Crippen LogP contribution is -2.54. The van der Waals surface area contributed by atoms with Gasteiger partial charge in [0.15, 0.2) is 0 Å². The molecule has 0 aliphatic carbocycles. The fourth-order valence-corrected chi connectivity index (χ4v) is 3.40. The Morgan fingerprint density at radius 1 is 1.10 bits per heavy atom. The van der Waals surface area contributed by atoms with Crippen LogP contribution in [-0.2, 0) is 16.0 Å². The Labute approximate surface area is 171 Å². The number of pyridine rings is 1. The predicted octanol–water partition coefficient (Wildman–Crippen LogP) is 1.88. The zero-order valence-corrected chi connectivity index (χ0v) is 17.0. The minimum atomic E-state index is -0.528. The van der Waals surface area contributed by atoms with E-state index in [1.54, 1.807) is 20.2 Å². The number of nitrogens with one attached hydrogen (secondary N) is 1. The fraction of sp³-hybridized carbons (Fsp3) is 0.409. The van der Waals surface area contributed by atoms with Gasteiger partial charge in [-0.3, -0.25) is 9.59 Å². The maximum absolute atomic E-state index is 12.7. The molecule has 0 bridgehead atoms. The van der Waals surface area contributed by atoms with Crippen molar-refractivity contribution < 1.29 is 14.3 Å². The Bertz CT molecular complexity index is 803. The van der Waals surface area contributed by atoms with E-state index in [1.807, 2.05) is 47.4 Å². The summed E-state index contributed by atoms with van der Waals surface area (Å²) < 4.78 is 5.14. The van der Waals surface area contributed by atoms with Crippen LogP contribution >= 0.6 is 0 Å². The van der Waals surface area contributed by atoms with Crippen molar-refractivity contribution in [1.29, 1.82) is 0 Å². The largest absolute Gasteiger partial charge is 0.497 e. The molecular weight excluding hydrogens is 368 g/mol. The molecule has 7 heteroatoms. The summed E-state index contributed by atoms with van der Waals surface area (Å²) in [6.07, 6.45) is 2.74. The molecule has 29 heavy (non-hydrogen) atoms. The van der Waals surface area contributed by atoms with Crippen LogP contribution in [0.4, 0.5) is 5.82 Å². The monoisotopic (exact) mass is 396 g/mol. The summed E-state index contributed by atoms with van der Waals surface area (Å²) in [5.74, 6) is 1.57. The maximum Gasteiger partial charge on any atom is 0.244 e. The smallest absolute Gasteiger partial charge is 0.244 e. The number of carbonyl (C=O) groups is 2. The Kier molecular flexibility index (Phi) is 7.05. The first-order chi connectivity index (χ1) is 14.1.